The predicted molar refractivity (Wildman–Crippen MR) is 204 cm³/mol. The number of amides is 1. The molecule has 276 valence electrons. The fourth-order valence-electron chi connectivity index (χ4n) is 8.76. The highest BCUT2D eigenvalue weighted by molar-refractivity contribution is 7.19. The normalized spacial score (nSPS) is 26.7. The number of aliphatic hydroxyl groups is 1. The number of halogens is 3. The number of aliphatic hydroxyl groups excluding tert-OH is 1. The molecule has 1 saturated heterocycles. The number of fused-ring (bicyclic) bond motifs is 5. The van der Waals surface area contributed by atoms with Gasteiger partial charge in [0, 0.05) is 63.8 Å². The summed E-state index contributed by atoms with van der Waals surface area (Å²) in [5.41, 5.74) is 1.50. The van der Waals surface area contributed by atoms with Crippen LogP contribution in [-0.2, 0) is 28.7 Å². The summed E-state index contributed by atoms with van der Waals surface area (Å²) in [6.45, 7) is 4.85. The Kier molecular flexibility index (Phi) is 9.15. The first-order valence-electron chi connectivity index (χ1n) is 18.1. The zero-order valence-electron chi connectivity index (χ0n) is 29.8. The average Bonchev–Trinajstić information content (AvgIpc) is 3.66. The van der Waals surface area contributed by atoms with Crippen LogP contribution in [0.5, 0.6) is 0 Å². The van der Waals surface area contributed by atoms with Crippen LogP contribution in [0.3, 0.4) is 0 Å². The lowest BCUT2D eigenvalue weighted by Crippen LogP contribution is -2.37. The number of rotatable bonds is 10. The molecule has 0 spiro atoms. The van der Waals surface area contributed by atoms with Crippen molar-refractivity contribution in [3.8, 4) is 0 Å². The highest BCUT2D eigenvalue weighted by Crippen LogP contribution is 2.61. The first-order valence-corrected chi connectivity index (χ1v) is 18.9. The van der Waals surface area contributed by atoms with Crippen LogP contribution in [0, 0.1) is 21.7 Å². The number of carbonyl (C=O) groups is 1. The van der Waals surface area contributed by atoms with Crippen molar-refractivity contribution in [1.82, 2.24) is 4.90 Å². The summed E-state index contributed by atoms with van der Waals surface area (Å²) in [6, 6.07) is 18.1. The predicted octanol–water partition coefficient (Wildman–Crippen LogP) is 9.19. The van der Waals surface area contributed by atoms with Gasteiger partial charge in [-0.3, -0.25) is 4.79 Å². The van der Waals surface area contributed by atoms with Crippen LogP contribution in [-0.4, -0.2) is 34.9 Å². The van der Waals surface area contributed by atoms with Crippen molar-refractivity contribution >= 4 is 44.3 Å². The minimum atomic E-state index is -4.55. The van der Waals surface area contributed by atoms with E-state index in [2.05, 4.69) is 59.2 Å². The summed E-state index contributed by atoms with van der Waals surface area (Å²) in [7, 11) is 0. The Morgan fingerprint density at radius 1 is 1.07 bits per heavy atom. The van der Waals surface area contributed by atoms with Gasteiger partial charge in [-0.15, -0.1) is 4.91 Å². The highest BCUT2D eigenvalue weighted by Gasteiger charge is 2.54. The van der Waals surface area contributed by atoms with Gasteiger partial charge in [0.25, 0.3) is 10.9 Å². The van der Waals surface area contributed by atoms with E-state index in [0.29, 0.717) is 13.0 Å². The Hall–Kier alpha value is -4.97. The third-order valence-corrected chi connectivity index (χ3v) is 12.5. The van der Waals surface area contributed by atoms with E-state index < -0.39 is 34.8 Å². The Bertz CT molecular complexity index is 2370. The van der Waals surface area contributed by atoms with Crippen LogP contribution < -0.4 is 4.57 Å². The van der Waals surface area contributed by atoms with Gasteiger partial charge in [0.05, 0.1) is 12.0 Å². The maximum Gasteiger partial charge on any atom is 0.416 e. The summed E-state index contributed by atoms with van der Waals surface area (Å²) < 4.78 is 52.2. The molecule has 7 nitrogen and oxygen atoms in total. The van der Waals surface area contributed by atoms with E-state index in [1.165, 1.54) is 6.07 Å². The molecule has 0 bridgehead atoms. The number of nitrogens with zero attached hydrogens (tertiary/aromatic N) is 3. The molecule has 5 unspecified atom stereocenters. The standard InChI is InChI=1S/C43H39F3N3O4S/c1-41-23-8-7-12-29(41)18-20-33-39(41)42(2,26-28-11-4-6-14-31(28)43(44,45)46)35(48(33)25-22-36(50)47-52)15-9-16-37-49(24-21-34-40(51)53-34)32-19-17-27-10-3-5-13-30(27)38(32)54-37/h3-20,23,29,34,40,51H,21-22,24-26H2,1-2H3/q+1. The molecule has 1 fully saturated rings. The van der Waals surface area contributed by atoms with Crippen molar-refractivity contribution < 1.29 is 32.4 Å². The minimum absolute atomic E-state index is 0.0326. The Morgan fingerprint density at radius 3 is 2.63 bits per heavy atom. The summed E-state index contributed by atoms with van der Waals surface area (Å²) in [4.78, 5) is 25.6. The summed E-state index contributed by atoms with van der Waals surface area (Å²) in [6.07, 6.45) is 13.2. The van der Waals surface area contributed by atoms with Crippen molar-refractivity contribution in [3.63, 3.8) is 0 Å². The summed E-state index contributed by atoms with van der Waals surface area (Å²) in [5, 5.41) is 15.7. The van der Waals surface area contributed by atoms with Gasteiger partial charge in [0.1, 0.15) is 10.8 Å². The second-order valence-corrected chi connectivity index (χ2v) is 15.7. The zero-order valence-corrected chi connectivity index (χ0v) is 30.6. The van der Waals surface area contributed by atoms with Gasteiger partial charge in [-0.25, -0.2) is 0 Å². The van der Waals surface area contributed by atoms with Crippen LogP contribution >= 0.6 is 11.3 Å². The average molecular weight is 751 g/mol. The molecule has 1 amide bonds. The molecule has 0 saturated carbocycles. The molecule has 54 heavy (non-hydrogen) atoms. The number of hydrogen-bond donors (Lipinski definition) is 1. The molecule has 4 aromatic rings. The van der Waals surface area contributed by atoms with Crippen molar-refractivity contribution in [2.45, 2.75) is 58.2 Å². The van der Waals surface area contributed by atoms with E-state index in [-0.39, 0.29) is 37.0 Å². The number of aryl methyl sites for hydroxylation is 1. The molecule has 3 heterocycles. The molecule has 8 rings (SSSR count). The number of alkyl halides is 3. The molecule has 1 N–H and O–H groups in total. The van der Waals surface area contributed by atoms with E-state index in [4.69, 9.17) is 4.74 Å². The number of carbonyl (C=O) groups excluding carboxylic acids is 1. The molecule has 2 aliphatic heterocycles. The van der Waals surface area contributed by atoms with Gasteiger partial charge in [0.2, 0.25) is 5.52 Å². The lowest BCUT2D eigenvalue weighted by molar-refractivity contribution is -0.669. The van der Waals surface area contributed by atoms with Gasteiger partial charge in [-0.05, 0) is 54.2 Å². The first kappa shape index (κ1) is 36.0. The van der Waals surface area contributed by atoms with Crippen LogP contribution in [0.4, 0.5) is 13.2 Å². The van der Waals surface area contributed by atoms with Crippen molar-refractivity contribution in [3.05, 3.63) is 147 Å². The molecule has 0 radical (unpaired) electrons. The SMILES string of the molecule is CC1(Cc2ccccc2C(F)(F)F)C(=CC=Cc2sc3c4ccccc4ccc3[n+]2CCC2OC2O)N(CCC(=O)N=O)C2=C1C1(C)C=CC=CC1C=C2. The Morgan fingerprint density at radius 2 is 1.85 bits per heavy atom. The monoisotopic (exact) mass is 750 g/mol. The summed E-state index contributed by atoms with van der Waals surface area (Å²) >= 11 is 1.64. The Balaban J connectivity index is 1.28. The molecular weight excluding hydrogens is 712 g/mol. The molecule has 2 aliphatic carbocycles. The molecular formula is C43H39F3N3O4S+. The van der Waals surface area contributed by atoms with Gasteiger partial charge in [-0.2, -0.15) is 17.7 Å². The number of epoxide rings is 1. The lowest BCUT2D eigenvalue weighted by Gasteiger charge is -2.44. The molecule has 1 aromatic heterocycles. The maximum atomic E-state index is 14.5. The van der Waals surface area contributed by atoms with Gasteiger partial charge in [0.15, 0.2) is 12.8 Å². The fraction of sp³-hybridized carbons (Fsp3) is 0.302. The highest BCUT2D eigenvalue weighted by atomic mass is 32.1. The van der Waals surface area contributed by atoms with Crippen LogP contribution in [0.2, 0.25) is 0 Å². The molecule has 3 aromatic carbocycles. The molecule has 4 aliphatic rings. The number of nitroso groups, excluding NO2 is 1. The number of allylic oxidation sites excluding steroid dienone is 9. The Labute approximate surface area is 314 Å². The van der Waals surface area contributed by atoms with E-state index in [0.717, 1.165) is 49.0 Å². The fourth-order valence-corrected chi connectivity index (χ4v) is 10.00. The second-order valence-electron chi connectivity index (χ2n) is 14.7. The van der Waals surface area contributed by atoms with Crippen molar-refractivity contribution in [2.75, 3.05) is 6.54 Å². The van der Waals surface area contributed by atoms with E-state index >= 15 is 0 Å². The van der Waals surface area contributed by atoms with E-state index in [1.54, 1.807) is 23.5 Å². The number of aromatic nitrogens is 1. The largest absolute Gasteiger partial charge is 0.416 e. The third-order valence-electron chi connectivity index (χ3n) is 11.3. The number of hydrogen-bond acceptors (Lipinski definition) is 6. The molecule has 11 heteroatoms. The second kappa shape index (κ2) is 13.7. The van der Waals surface area contributed by atoms with Crippen LogP contribution in [0.15, 0.2) is 131 Å². The van der Waals surface area contributed by atoms with Gasteiger partial charge >= 0.3 is 6.18 Å². The number of benzene rings is 3. The smallest absolute Gasteiger partial charge is 0.366 e. The number of ether oxygens (including phenoxy) is 1. The third kappa shape index (κ3) is 6.27. The minimum Gasteiger partial charge on any atom is -0.366 e. The number of thiazole rings is 1. The van der Waals surface area contributed by atoms with Gasteiger partial charge in [-0.1, -0.05) is 97.2 Å². The van der Waals surface area contributed by atoms with Gasteiger partial charge < -0.3 is 14.7 Å². The van der Waals surface area contributed by atoms with Crippen molar-refractivity contribution in [2.24, 2.45) is 21.9 Å². The molecule has 5 atom stereocenters. The summed E-state index contributed by atoms with van der Waals surface area (Å²) in [5.74, 6) is -0.828. The maximum absolute atomic E-state index is 14.5. The van der Waals surface area contributed by atoms with E-state index in [9.17, 15) is 28.0 Å². The zero-order chi connectivity index (χ0) is 37.8. The van der Waals surface area contributed by atoms with Crippen LogP contribution in [0.1, 0.15) is 42.8 Å². The quantitative estimate of drug-likeness (QED) is 0.0993. The van der Waals surface area contributed by atoms with Crippen LogP contribution in [0.25, 0.3) is 27.1 Å². The topological polar surface area (TPSA) is 86.4 Å². The van der Waals surface area contributed by atoms with Crippen molar-refractivity contribution in [1.29, 1.82) is 0 Å². The lowest BCUT2D eigenvalue weighted by atomic mass is 9.58. The first-order chi connectivity index (χ1) is 25.9. The van der Waals surface area contributed by atoms with E-state index in [1.807, 2.05) is 60.4 Å².